The zero-order valence-electron chi connectivity index (χ0n) is 14.8. The number of hydrogen-bond donors (Lipinski definition) is 3. The van der Waals surface area contributed by atoms with Crippen LogP contribution in [0.2, 0.25) is 0 Å². The van der Waals surface area contributed by atoms with Gasteiger partial charge in [-0.3, -0.25) is 4.79 Å². The van der Waals surface area contributed by atoms with Gasteiger partial charge in [-0.05, 0) is 48.5 Å². The number of fused-ring (bicyclic) bond motifs is 1. The van der Waals surface area contributed by atoms with Gasteiger partial charge in [0.05, 0.1) is 0 Å². The topological polar surface area (TPSA) is 83.4 Å². The van der Waals surface area contributed by atoms with Crippen molar-refractivity contribution in [2.45, 2.75) is 0 Å². The fourth-order valence-corrected chi connectivity index (χ4v) is 2.74. The highest BCUT2D eigenvalue weighted by molar-refractivity contribution is 6.05. The summed E-state index contributed by atoms with van der Waals surface area (Å²) in [5.74, 6) is -0.0932. The van der Waals surface area contributed by atoms with Gasteiger partial charge >= 0.3 is 6.03 Å². The SMILES string of the molecule is O=C(Nc1ccccc1)Nc1ccc(NC(=O)c2cc3ccccc3o2)cc1. The van der Waals surface area contributed by atoms with Crippen LogP contribution in [0.3, 0.4) is 0 Å². The van der Waals surface area contributed by atoms with Crippen LogP contribution in [-0.4, -0.2) is 11.9 Å². The molecule has 6 nitrogen and oxygen atoms in total. The first-order chi connectivity index (χ1) is 13.7. The molecule has 3 aromatic carbocycles. The predicted octanol–water partition coefficient (Wildman–Crippen LogP) is 5.33. The predicted molar refractivity (Wildman–Crippen MR) is 110 cm³/mol. The quantitative estimate of drug-likeness (QED) is 0.453. The van der Waals surface area contributed by atoms with E-state index in [0.717, 1.165) is 5.39 Å². The Morgan fingerprint density at radius 1 is 0.643 bits per heavy atom. The van der Waals surface area contributed by atoms with Gasteiger partial charge in [-0.1, -0.05) is 36.4 Å². The molecule has 0 aliphatic carbocycles. The van der Waals surface area contributed by atoms with Crippen LogP contribution in [0.4, 0.5) is 21.9 Å². The number of carbonyl (C=O) groups excluding carboxylic acids is 2. The Balaban J connectivity index is 1.37. The minimum absolute atomic E-state index is 0.241. The van der Waals surface area contributed by atoms with Gasteiger partial charge in [0, 0.05) is 22.4 Å². The fourth-order valence-electron chi connectivity index (χ4n) is 2.74. The Kier molecular flexibility index (Phi) is 4.76. The van der Waals surface area contributed by atoms with Crippen molar-refractivity contribution in [3.05, 3.63) is 90.7 Å². The standard InChI is InChI=1S/C22H17N3O3/c26-21(20-14-15-6-4-5-9-19(15)28-20)23-17-10-12-18(13-11-17)25-22(27)24-16-7-2-1-3-8-16/h1-14H,(H,23,26)(H2,24,25,27). The summed E-state index contributed by atoms with van der Waals surface area (Å²) in [6.07, 6.45) is 0. The van der Waals surface area contributed by atoms with Gasteiger partial charge in [0.15, 0.2) is 5.76 Å². The number of rotatable bonds is 4. The molecule has 0 unspecified atom stereocenters. The number of hydrogen-bond acceptors (Lipinski definition) is 3. The van der Waals surface area contributed by atoms with E-state index in [1.165, 1.54) is 0 Å². The molecule has 4 rings (SSSR count). The smallest absolute Gasteiger partial charge is 0.323 e. The van der Waals surface area contributed by atoms with Gasteiger partial charge in [0.2, 0.25) is 0 Å². The van der Waals surface area contributed by atoms with Crippen LogP contribution in [-0.2, 0) is 0 Å². The highest BCUT2D eigenvalue weighted by atomic mass is 16.3. The Morgan fingerprint density at radius 2 is 1.21 bits per heavy atom. The Bertz CT molecular complexity index is 1090. The number of anilines is 3. The zero-order valence-corrected chi connectivity index (χ0v) is 14.8. The molecular weight excluding hydrogens is 354 g/mol. The zero-order chi connectivity index (χ0) is 19.3. The molecule has 0 radical (unpaired) electrons. The lowest BCUT2D eigenvalue weighted by atomic mass is 10.2. The van der Waals surface area contributed by atoms with Crippen molar-refractivity contribution < 1.29 is 14.0 Å². The van der Waals surface area contributed by atoms with Crippen LogP contribution in [0, 0.1) is 0 Å². The first kappa shape index (κ1) is 17.4. The minimum atomic E-state index is -0.342. The van der Waals surface area contributed by atoms with E-state index in [0.29, 0.717) is 22.6 Å². The lowest BCUT2D eigenvalue weighted by Crippen LogP contribution is -2.19. The maximum absolute atomic E-state index is 12.4. The molecule has 0 aliphatic heterocycles. The van der Waals surface area contributed by atoms with E-state index >= 15 is 0 Å². The van der Waals surface area contributed by atoms with Crippen molar-refractivity contribution in [1.82, 2.24) is 0 Å². The highest BCUT2D eigenvalue weighted by Gasteiger charge is 2.12. The maximum atomic E-state index is 12.4. The number of carbonyl (C=O) groups is 2. The van der Waals surface area contributed by atoms with E-state index < -0.39 is 0 Å². The van der Waals surface area contributed by atoms with E-state index in [2.05, 4.69) is 16.0 Å². The van der Waals surface area contributed by atoms with E-state index in [4.69, 9.17) is 4.42 Å². The monoisotopic (exact) mass is 371 g/mol. The Labute approximate surface area is 161 Å². The normalized spacial score (nSPS) is 10.4. The van der Waals surface area contributed by atoms with Gasteiger partial charge in [-0.25, -0.2) is 4.79 Å². The van der Waals surface area contributed by atoms with Crippen molar-refractivity contribution in [3.8, 4) is 0 Å². The van der Waals surface area contributed by atoms with E-state index in [1.807, 2.05) is 42.5 Å². The average Bonchev–Trinajstić information content (AvgIpc) is 3.15. The number of furan rings is 1. The van der Waals surface area contributed by atoms with E-state index in [1.54, 1.807) is 42.5 Å². The van der Waals surface area contributed by atoms with Crippen molar-refractivity contribution in [2.75, 3.05) is 16.0 Å². The third-order valence-electron chi connectivity index (χ3n) is 4.08. The summed E-state index contributed by atoms with van der Waals surface area (Å²) < 4.78 is 5.56. The second-order valence-electron chi connectivity index (χ2n) is 6.13. The molecule has 0 saturated carbocycles. The second kappa shape index (κ2) is 7.67. The van der Waals surface area contributed by atoms with Crippen LogP contribution in [0.1, 0.15) is 10.6 Å². The van der Waals surface area contributed by atoms with Crippen molar-refractivity contribution >= 4 is 40.0 Å². The molecule has 4 aromatic rings. The summed E-state index contributed by atoms with van der Waals surface area (Å²) in [4.78, 5) is 24.4. The van der Waals surface area contributed by atoms with Gasteiger partial charge in [-0.2, -0.15) is 0 Å². The number of nitrogens with one attached hydrogen (secondary N) is 3. The van der Waals surface area contributed by atoms with E-state index in [9.17, 15) is 9.59 Å². The fraction of sp³-hybridized carbons (Fsp3) is 0. The second-order valence-corrected chi connectivity index (χ2v) is 6.13. The van der Waals surface area contributed by atoms with Crippen LogP contribution in [0.25, 0.3) is 11.0 Å². The third-order valence-corrected chi connectivity index (χ3v) is 4.08. The lowest BCUT2D eigenvalue weighted by molar-refractivity contribution is 0.0998. The molecule has 6 heteroatoms. The molecule has 3 amide bonds. The molecule has 0 atom stereocenters. The molecule has 0 fully saturated rings. The first-order valence-corrected chi connectivity index (χ1v) is 8.70. The number of benzene rings is 3. The van der Waals surface area contributed by atoms with Gasteiger partial charge < -0.3 is 20.4 Å². The molecular formula is C22H17N3O3. The summed E-state index contributed by atoms with van der Waals surface area (Å²) >= 11 is 0. The van der Waals surface area contributed by atoms with Crippen LogP contribution < -0.4 is 16.0 Å². The minimum Gasteiger partial charge on any atom is -0.451 e. The van der Waals surface area contributed by atoms with Gasteiger partial charge in [-0.15, -0.1) is 0 Å². The Morgan fingerprint density at radius 3 is 1.89 bits per heavy atom. The molecule has 3 N–H and O–H groups in total. The molecule has 0 aliphatic rings. The van der Waals surface area contributed by atoms with Crippen LogP contribution in [0.15, 0.2) is 89.3 Å². The number of amides is 3. The van der Waals surface area contributed by atoms with Gasteiger partial charge in [0.25, 0.3) is 5.91 Å². The summed E-state index contributed by atoms with van der Waals surface area (Å²) in [7, 11) is 0. The molecule has 1 aromatic heterocycles. The summed E-state index contributed by atoms with van der Waals surface area (Å²) in [6.45, 7) is 0. The highest BCUT2D eigenvalue weighted by Crippen LogP contribution is 2.20. The van der Waals surface area contributed by atoms with Crippen LogP contribution >= 0.6 is 0 Å². The van der Waals surface area contributed by atoms with Gasteiger partial charge in [0.1, 0.15) is 5.58 Å². The molecule has 1 heterocycles. The van der Waals surface area contributed by atoms with Crippen molar-refractivity contribution in [2.24, 2.45) is 0 Å². The lowest BCUT2D eigenvalue weighted by Gasteiger charge is -2.08. The van der Waals surface area contributed by atoms with Crippen molar-refractivity contribution in [1.29, 1.82) is 0 Å². The van der Waals surface area contributed by atoms with Crippen molar-refractivity contribution in [3.63, 3.8) is 0 Å². The molecule has 28 heavy (non-hydrogen) atoms. The molecule has 0 spiro atoms. The first-order valence-electron chi connectivity index (χ1n) is 8.70. The molecule has 0 bridgehead atoms. The summed E-state index contributed by atoms with van der Waals surface area (Å²) in [5.41, 5.74) is 2.57. The number of para-hydroxylation sites is 2. The number of urea groups is 1. The van der Waals surface area contributed by atoms with Crippen LogP contribution in [0.5, 0.6) is 0 Å². The van der Waals surface area contributed by atoms with E-state index in [-0.39, 0.29) is 17.7 Å². The largest absolute Gasteiger partial charge is 0.451 e. The maximum Gasteiger partial charge on any atom is 0.323 e. The molecule has 0 saturated heterocycles. The molecule has 138 valence electrons. The third kappa shape index (κ3) is 4.02. The Hall–Kier alpha value is -4.06. The average molecular weight is 371 g/mol. The summed E-state index contributed by atoms with van der Waals surface area (Å²) in [5, 5.41) is 9.13. The summed E-state index contributed by atoms with van der Waals surface area (Å²) in [6, 6.07) is 24.8.